The van der Waals surface area contributed by atoms with Gasteiger partial charge in [-0.1, -0.05) is 6.07 Å². The van der Waals surface area contributed by atoms with Crippen LogP contribution in [0.4, 0.5) is 10.1 Å². The van der Waals surface area contributed by atoms with Crippen LogP contribution in [-0.2, 0) is 0 Å². The van der Waals surface area contributed by atoms with Crippen LogP contribution in [0.2, 0.25) is 0 Å². The quantitative estimate of drug-likeness (QED) is 0.210. The van der Waals surface area contributed by atoms with Gasteiger partial charge in [-0.3, -0.25) is 19.9 Å². The highest BCUT2D eigenvalue weighted by Crippen LogP contribution is 2.35. The van der Waals surface area contributed by atoms with Crippen LogP contribution in [0.1, 0.15) is 16.1 Å². The minimum Gasteiger partial charge on any atom is -0.287 e. The second kappa shape index (κ2) is 8.08. The Labute approximate surface area is 186 Å². The van der Waals surface area contributed by atoms with E-state index in [-0.39, 0.29) is 17.3 Å². The van der Waals surface area contributed by atoms with Crippen LogP contribution >= 0.6 is 0 Å². The number of hydrogen-bond donors (Lipinski definition) is 0. The summed E-state index contributed by atoms with van der Waals surface area (Å²) in [5.74, 6) is -0.688. The molecule has 5 rings (SSSR count). The monoisotopic (exact) mass is 438 g/mol. The van der Waals surface area contributed by atoms with E-state index in [4.69, 9.17) is 5.10 Å². The zero-order valence-electron chi connectivity index (χ0n) is 17.1. The Morgan fingerprint density at radius 1 is 0.879 bits per heavy atom. The molecule has 0 atom stereocenters. The maximum Gasteiger partial charge on any atom is 0.269 e. The predicted molar refractivity (Wildman–Crippen MR) is 120 cm³/mol. The summed E-state index contributed by atoms with van der Waals surface area (Å²) in [6.07, 6.45) is 3.33. The Morgan fingerprint density at radius 2 is 1.58 bits per heavy atom. The van der Waals surface area contributed by atoms with E-state index in [0.29, 0.717) is 28.0 Å². The maximum atomic E-state index is 13.5. The van der Waals surface area contributed by atoms with E-state index in [2.05, 4.69) is 4.98 Å². The summed E-state index contributed by atoms with van der Waals surface area (Å²) < 4.78 is 15.1. The van der Waals surface area contributed by atoms with Crippen molar-refractivity contribution in [1.29, 1.82) is 0 Å². The van der Waals surface area contributed by atoms with Crippen LogP contribution < -0.4 is 0 Å². The fraction of sp³-hybridized carbons (Fsp3) is 0. The standard InChI is InChI=1S/C25H15FN4O3/c26-19-8-4-17(5-9-19)24-23(16-12-14-27-15-13-16)21-2-1-3-22(29(21)28-24)25(31)18-6-10-20(11-7-18)30(32)33/h1-15H. The van der Waals surface area contributed by atoms with Gasteiger partial charge in [0.15, 0.2) is 0 Å². The Hall–Kier alpha value is -4.72. The van der Waals surface area contributed by atoms with Crippen LogP contribution in [0.25, 0.3) is 27.9 Å². The number of carbonyl (C=O) groups is 1. The molecule has 0 aliphatic heterocycles. The van der Waals surface area contributed by atoms with Crippen LogP contribution in [0, 0.1) is 15.9 Å². The Morgan fingerprint density at radius 3 is 2.24 bits per heavy atom. The molecular formula is C25H15FN4O3. The molecule has 5 aromatic rings. The third-order valence-corrected chi connectivity index (χ3v) is 5.32. The molecule has 3 aromatic heterocycles. The number of halogens is 1. The number of benzene rings is 2. The first kappa shape index (κ1) is 20.2. The largest absolute Gasteiger partial charge is 0.287 e. The van der Waals surface area contributed by atoms with Gasteiger partial charge in [0.25, 0.3) is 5.69 Å². The molecule has 3 heterocycles. The van der Waals surface area contributed by atoms with Crippen LogP contribution in [-0.4, -0.2) is 25.3 Å². The van der Waals surface area contributed by atoms with E-state index >= 15 is 0 Å². The first-order valence-corrected chi connectivity index (χ1v) is 10.00. The number of carbonyl (C=O) groups excluding carboxylic acids is 1. The van der Waals surface area contributed by atoms with Gasteiger partial charge < -0.3 is 0 Å². The predicted octanol–water partition coefficient (Wildman–Crippen LogP) is 5.34. The van der Waals surface area contributed by atoms with Gasteiger partial charge in [0.05, 0.1) is 10.4 Å². The van der Waals surface area contributed by atoms with E-state index in [1.54, 1.807) is 41.2 Å². The van der Waals surface area contributed by atoms with Crippen LogP contribution in [0.15, 0.2) is 91.3 Å². The number of nitro benzene ring substituents is 1. The lowest BCUT2D eigenvalue weighted by molar-refractivity contribution is -0.384. The van der Waals surface area contributed by atoms with Crippen molar-refractivity contribution in [1.82, 2.24) is 14.6 Å². The molecule has 7 nitrogen and oxygen atoms in total. The molecule has 0 spiro atoms. The Balaban J connectivity index is 1.72. The number of non-ortho nitro benzene ring substituents is 1. The highest BCUT2D eigenvalue weighted by molar-refractivity contribution is 6.09. The van der Waals surface area contributed by atoms with Crippen LogP contribution in [0.3, 0.4) is 0 Å². The van der Waals surface area contributed by atoms with E-state index < -0.39 is 4.92 Å². The van der Waals surface area contributed by atoms with Gasteiger partial charge in [-0.2, -0.15) is 5.10 Å². The number of rotatable bonds is 5. The van der Waals surface area contributed by atoms with Gasteiger partial charge in [0, 0.05) is 41.2 Å². The van der Waals surface area contributed by atoms with Crippen molar-refractivity contribution >= 4 is 17.0 Å². The molecule has 0 N–H and O–H groups in total. The summed E-state index contributed by atoms with van der Waals surface area (Å²) in [6, 6.07) is 20.4. The third kappa shape index (κ3) is 3.63. The second-order valence-corrected chi connectivity index (χ2v) is 7.31. The van der Waals surface area contributed by atoms with E-state index in [1.807, 2.05) is 18.2 Å². The number of nitrogens with zero attached hydrogens (tertiary/aromatic N) is 4. The molecule has 0 aliphatic rings. The number of hydrogen-bond acceptors (Lipinski definition) is 5. The minimum absolute atomic E-state index is 0.0950. The van der Waals surface area contributed by atoms with E-state index in [0.717, 1.165) is 11.1 Å². The average Bonchev–Trinajstić information content (AvgIpc) is 3.24. The van der Waals surface area contributed by atoms with Crippen molar-refractivity contribution in [3.63, 3.8) is 0 Å². The van der Waals surface area contributed by atoms with Gasteiger partial charge in [-0.15, -0.1) is 0 Å². The summed E-state index contributed by atoms with van der Waals surface area (Å²) in [4.78, 5) is 27.8. The van der Waals surface area contributed by atoms with Crippen molar-refractivity contribution < 1.29 is 14.1 Å². The molecule has 0 saturated heterocycles. The lowest BCUT2D eigenvalue weighted by Crippen LogP contribution is -2.08. The van der Waals surface area contributed by atoms with Gasteiger partial charge in [0.1, 0.15) is 17.2 Å². The molecule has 160 valence electrons. The fourth-order valence-electron chi connectivity index (χ4n) is 3.74. The molecule has 0 aliphatic carbocycles. The Kier molecular flexibility index (Phi) is 4.95. The van der Waals surface area contributed by atoms with Crippen molar-refractivity contribution in [3.05, 3.63) is 118 Å². The normalized spacial score (nSPS) is 10.9. The molecule has 2 aromatic carbocycles. The van der Waals surface area contributed by atoms with Gasteiger partial charge >= 0.3 is 0 Å². The summed E-state index contributed by atoms with van der Waals surface area (Å²) in [6.45, 7) is 0. The highest BCUT2D eigenvalue weighted by Gasteiger charge is 2.21. The fourth-order valence-corrected chi connectivity index (χ4v) is 3.74. The SMILES string of the molecule is O=C(c1ccc([N+](=O)[O-])cc1)c1cccc2c(-c3ccncc3)c(-c3ccc(F)cc3)nn12. The minimum atomic E-state index is -0.515. The number of fused-ring (bicyclic) bond motifs is 1. The third-order valence-electron chi connectivity index (χ3n) is 5.32. The summed E-state index contributed by atoms with van der Waals surface area (Å²) >= 11 is 0. The van der Waals surface area contributed by atoms with Crippen molar-refractivity contribution in [2.75, 3.05) is 0 Å². The number of aromatic nitrogens is 3. The molecule has 8 heteroatoms. The molecule has 0 amide bonds. The summed E-state index contributed by atoms with van der Waals surface area (Å²) in [7, 11) is 0. The molecule has 0 radical (unpaired) electrons. The lowest BCUT2D eigenvalue weighted by atomic mass is 10.0. The van der Waals surface area contributed by atoms with Gasteiger partial charge in [-0.25, -0.2) is 8.91 Å². The maximum absolute atomic E-state index is 13.5. The average molecular weight is 438 g/mol. The molecule has 33 heavy (non-hydrogen) atoms. The lowest BCUT2D eigenvalue weighted by Gasteiger charge is -2.05. The number of ketones is 1. The topological polar surface area (TPSA) is 90.4 Å². The van der Waals surface area contributed by atoms with Crippen molar-refractivity contribution in [3.8, 4) is 22.4 Å². The van der Waals surface area contributed by atoms with Gasteiger partial charge in [0.2, 0.25) is 5.78 Å². The van der Waals surface area contributed by atoms with Crippen molar-refractivity contribution in [2.45, 2.75) is 0 Å². The first-order chi connectivity index (χ1) is 16.0. The number of pyridine rings is 2. The summed E-state index contributed by atoms with van der Waals surface area (Å²) in [5, 5.41) is 15.7. The molecule has 0 saturated carbocycles. The molecule has 0 fully saturated rings. The van der Waals surface area contributed by atoms with Crippen LogP contribution in [0.5, 0.6) is 0 Å². The first-order valence-electron chi connectivity index (χ1n) is 10.00. The molecular weight excluding hydrogens is 423 g/mol. The second-order valence-electron chi connectivity index (χ2n) is 7.31. The number of nitro groups is 1. The highest BCUT2D eigenvalue weighted by atomic mass is 19.1. The Bertz CT molecular complexity index is 1500. The summed E-state index contributed by atoms with van der Waals surface area (Å²) in [5.41, 5.74) is 4.10. The zero-order chi connectivity index (χ0) is 22.9. The van der Waals surface area contributed by atoms with E-state index in [1.165, 1.54) is 36.4 Å². The van der Waals surface area contributed by atoms with Gasteiger partial charge in [-0.05, 0) is 66.2 Å². The molecule has 0 bridgehead atoms. The molecule has 0 unspecified atom stereocenters. The smallest absolute Gasteiger partial charge is 0.269 e. The van der Waals surface area contributed by atoms with E-state index in [9.17, 15) is 19.3 Å². The van der Waals surface area contributed by atoms with Crippen molar-refractivity contribution in [2.24, 2.45) is 0 Å². The zero-order valence-corrected chi connectivity index (χ0v) is 17.1.